The van der Waals surface area contributed by atoms with Crippen LogP contribution in [0.2, 0.25) is 0 Å². The van der Waals surface area contributed by atoms with Crippen LogP contribution in [0.25, 0.3) is 0 Å². The molecule has 19 heavy (non-hydrogen) atoms. The quantitative estimate of drug-likeness (QED) is 0.652. The molecule has 0 aromatic heterocycles. The van der Waals surface area contributed by atoms with Crippen molar-refractivity contribution < 1.29 is 9.59 Å². The molecular weight excluding hydrogens is 242 g/mol. The van der Waals surface area contributed by atoms with Crippen LogP contribution in [0.5, 0.6) is 0 Å². The molecule has 0 saturated carbocycles. The van der Waals surface area contributed by atoms with E-state index in [0.29, 0.717) is 19.5 Å². The highest BCUT2D eigenvalue weighted by molar-refractivity contribution is 5.92. The topological polar surface area (TPSA) is 70.2 Å². The maximum atomic E-state index is 12.6. The van der Waals surface area contributed by atoms with Gasteiger partial charge in [0.15, 0.2) is 0 Å². The van der Waals surface area contributed by atoms with Crippen LogP contribution in [0.15, 0.2) is 12.7 Å². The van der Waals surface area contributed by atoms with Gasteiger partial charge in [-0.2, -0.15) is 0 Å². The molecule has 1 rings (SSSR count). The summed E-state index contributed by atoms with van der Waals surface area (Å²) in [6.07, 6.45) is 2.48. The van der Waals surface area contributed by atoms with Gasteiger partial charge in [-0.1, -0.05) is 6.08 Å². The fourth-order valence-electron chi connectivity index (χ4n) is 2.48. The first-order chi connectivity index (χ1) is 8.71. The molecule has 0 aromatic carbocycles. The minimum atomic E-state index is -0.882. The Morgan fingerprint density at radius 2 is 2.11 bits per heavy atom. The lowest BCUT2D eigenvalue weighted by Gasteiger charge is -2.36. The summed E-state index contributed by atoms with van der Waals surface area (Å²) in [5, 5.41) is 9.02. The first kappa shape index (κ1) is 15.7. The van der Waals surface area contributed by atoms with E-state index in [1.807, 2.05) is 20.8 Å². The van der Waals surface area contributed by atoms with Crippen molar-refractivity contribution in [3.05, 3.63) is 12.7 Å². The second-order valence-electron chi connectivity index (χ2n) is 6.21. The molecular formula is C14H25N3O2. The van der Waals surface area contributed by atoms with Gasteiger partial charge in [-0.05, 0) is 27.2 Å². The van der Waals surface area contributed by atoms with Crippen molar-refractivity contribution in [3.8, 4) is 0 Å². The van der Waals surface area contributed by atoms with Crippen LogP contribution in [0.1, 0.15) is 34.1 Å². The Hall–Kier alpha value is -1.36. The number of rotatable bonds is 4. The third kappa shape index (κ3) is 3.80. The fraction of sp³-hybridized carbons (Fsp3) is 0.714. The van der Waals surface area contributed by atoms with Crippen LogP contribution < -0.4 is 16.0 Å². The molecule has 0 aromatic rings. The standard InChI is InChI=1S/C14H25N3O2/c1-6-7-11-8-15-9-14(11,16-10(2)18)12(19)17-13(3,4)5/h6,11,15H,1,7-9H2,2-5H3,(H,16,18)(H,17,19)/t11-,14+/m1/s1. The molecule has 0 unspecified atom stereocenters. The van der Waals surface area contributed by atoms with Crippen LogP contribution in [0.4, 0.5) is 0 Å². The Morgan fingerprint density at radius 1 is 1.47 bits per heavy atom. The monoisotopic (exact) mass is 267 g/mol. The van der Waals surface area contributed by atoms with Crippen molar-refractivity contribution in [2.24, 2.45) is 5.92 Å². The van der Waals surface area contributed by atoms with Gasteiger partial charge in [0.05, 0.1) is 0 Å². The molecule has 1 aliphatic rings. The van der Waals surface area contributed by atoms with Crippen LogP contribution in [0, 0.1) is 5.92 Å². The third-order valence-electron chi connectivity index (χ3n) is 3.24. The van der Waals surface area contributed by atoms with E-state index in [2.05, 4.69) is 22.5 Å². The summed E-state index contributed by atoms with van der Waals surface area (Å²) < 4.78 is 0. The van der Waals surface area contributed by atoms with Gasteiger partial charge in [0.1, 0.15) is 5.54 Å². The molecule has 2 atom stereocenters. The highest BCUT2D eigenvalue weighted by atomic mass is 16.2. The summed E-state index contributed by atoms with van der Waals surface area (Å²) in [5.41, 5.74) is -1.21. The lowest BCUT2D eigenvalue weighted by molar-refractivity contribution is -0.134. The normalized spacial score (nSPS) is 26.8. The molecule has 5 nitrogen and oxygen atoms in total. The minimum Gasteiger partial charge on any atom is -0.349 e. The molecule has 5 heteroatoms. The van der Waals surface area contributed by atoms with E-state index < -0.39 is 5.54 Å². The Labute approximate surface area is 115 Å². The SMILES string of the molecule is C=CC[C@@H]1CNC[C@@]1(NC(C)=O)C(=O)NC(C)(C)C. The Bertz CT molecular complexity index is 373. The molecule has 3 N–H and O–H groups in total. The lowest BCUT2D eigenvalue weighted by Crippen LogP contribution is -2.65. The maximum absolute atomic E-state index is 12.6. The van der Waals surface area contributed by atoms with Crippen molar-refractivity contribution in [1.82, 2.24) is 16.0 Å². The van der Waals surface area contributed by atoms with Gasteiger partial charge >= 0.3 is 0 Å². The number of hydrogen-bond donors (Lipinski definition) is 3. The van der Waals surface area contributed by atoms with E-state index in [4.69, 9.17) is 0 Å². The number of carbonyl (C=O) groups excluding carboxylic acids is 2. The number of nitrogens with one attached hydrogen (secondary N) is 3. The predicted molar refractivity (Wildman–Crippen MR) is 75.6 cm³/mol. The number of amides is 2. The van der Waals surface area contributed by atoms with Crippen LogP contribution >= 0.6 is 0 Å². The smallest absolute Gasteiger partial charge is 0.247 e. The van der Waals surface area contributed by atoms with E-state index in [0.717, 1.165) is 0 Å². The summed E-state index contributed by atoms with van der Waals surface area (Å²) in [6.45, 7) is 12.1. The molecule has 2 amide bonds. The van der Waals surface area contributed by atoms with Crippen LogP contribution in [0.3, 0.4) is 0 Å². The second kappa shape index (κ2) is 5.74. The summed E-state index contributed by atoms with van der Waals surface area (Å²) in [7, 11) is 0. The first-order valence-corrected chi connectivity index (χ1v) is 6.64. The van der Waals surface area contributed by atoms with Gasteiger partial charge < -0.3 is 16.0 Å². The third-order valence-corrected chi connectivity index (χ3v) is 3.24. The van der Waals surface area contributed by atoms with Gasteiger partial charge in [-0.3, -0.25) is 9.59 Å². The molecule has 0 spiro atoms. The fourth-order valence-corrected chi connectivity index (χ4v) is 2.48. The predicted octanol–water partition coefficient (Wildman–Crippen LogP) is 0.572. The zero-order valence-electron chi connectivity index (χ0n) is 12.3. The van der Waals surface area contributed by atoms with Crippen molar-refractivity contribution >= 4 is 11.8 Å². The van der Waals surface area contributed by atoms with E-state index in [9.17, 15) is 9.59 Å². The number of carbonyl (C=O) groups is 2. The van der Waals surface area contributed by atoms with Crippen LogP contribution in [-0.4, -0.2) is 36.0 Å². The maximum Gasteiger partial charge on any atom is 0.247 e. The zero-order valence-corrected chi connectivity index (χ0v) is 12.3. The van der Waals surface area contributed by atoms with Gasteiger partial charge in [0, 0.05) is 31.5 Å². The summed E-state index contributed by atoms with van der Waals surface area (Å²) in [6, 6.07) is 0. The van der Waals surface area contributed by atoms with Crippen molar-refractivity contribution in [2.45, 2.75) is 45.2 Å². The number of allylic oxidation sites excluding steroid dienone is 1. The van der Waals surface area contributed by atoms with Crippen molar-refractivity contribution in [2.75, 3.05) is 13.1 Å². The van der Waals surface area contributed by atoms with Gasteiger partial charge in [0.2, 0.25) is 11.8 Å². The summed E-state index contributed by atoms with van der Waals surface area (Å²) in [4.78, 5) is 24.1. The summed E-state index contributed by atoms with van der Waals surface area (Å²) in [5.74, 6) is -0.301. The minimum absolute atomic E-state index is 0.0243. The Balaban J connectivity index is 3.01. The Kier molecular flexibility index (Phi) is 4.74. The molecule has 0 aliphatic carbocycles. The molecule has 1 aliphatic heterocycles. The van der Waals surface area contributed by atoms with E-state index in [-0.39, 0.29) is 23.3 Å². The van der Waals surface area contributed by atoms with E-state index >= 15 is 0 Å². The molecule has 1 fully saturated rings. The highest BCUT2D eigenvalue weighted by Crippen LogP contribution is 2.27. The second-order valence-corrected chi connectivity index (χ2v) is 6.21. The average Bonchev–Trinajstić information content (AvgIpc) is 2.60. The zero-order chi connectivity index (χ0) is 14.7. The van der Waals surface area contributed by atoms with E-state index in [1.54, 1.807) is 6.08 Å². The van der Waals surface area contributed by atoms with Crippen LogP contribution in [-0.2, 0) is 9.59 Å². The molecule has 1 heterocycles. The summed E-state index contributed by atoms with van der Waals surface area (Å²) >= 11 is 0. The lowest BCUT2D eigenvalue weighted by atomic mass is 9.83. The molecule has 0 bridgehead atoms. The Morgan fingerprint density at radius 3 is 2.58 bits per heavy atom. The first-order valence-electron chi connectivity index (χ1n) is 6.64. The number of hydrogen-bond acceptors (Lipinski definition) is 3. The van der Waals surface area contributed by atoms with Crippen molar-refractivity contribution in [1.29, 1.82) is 0 Å². The van der Waals surface area contributed by atoms with Gasteiger partial charge in [-0.25, -0.2) is 0 Å². The largest absolute Gasteiger partial charge is 0.349 e. The molecule has 0 radical (unpaired) electrons. The van der Waals surface area contributed by atoms with E-state index in [1.165, 1.54) is 6.92 Å². The van der Waals surface area contributed by atoms with Gasteiger partial charge in [-0.15, -0.1) is 6.58 Å². The highest BCUT2D eigenvalue weighted by Gasteiger charge is 2.49. The van der Waals surface area contributed by atoms with Gasteiger partial charge in [0.25, 0.3) is 0 Å². The molecule has 1 saturated heterocycles. The van der Waals surface area contributed by atoms with Crippen molar-refractivity contribution in [3.63, 3.8) is 0 Å². The average molecular weight is 267 g/mol. The molecule has 108 valence electrons.